The lowest BCUT2D eigenvalue weighted by molar-refractivity contribution is 0.148. The lowest BCUT2D eigenvalue weighted by atomic mass is 9.67. The second-order valence-electron chi connectivity index (χ2n) is 7.23. The minimum Gasteiger partial charge on any atom is -0.103 e. The van der Waals surface area contributed by atoms with Crippen LogP contribution in [0.2, 0.25) is 0 Å². The largest absolute Gasteiger partial charge is 0.103 e. The van der Waals surface area contributed by atoms with E-state index >= 15 is 0 Å². The molecule has 0 aromatic carbocycles. The van der Waals surface area contributed by atoms with Gasteiger partial charge in [0, 0.05) is 0 Å². The van der Waals surface area contributed by atoms with E-state index in [0.29, 0.717) is 16.7 Å². The zero-order valence-corrected chi connectivity index (χ0v) is 14.7. The van der Waals surface area contributed by atoms with Gasteiger partial charge < -0.3 is 0 Å². The van der Waals surface area contributed by atoms with Crippen molar-refractivity contribution in [3.8, 4) is 0 Å². The fraction of sp³-hybridized carbons (Fsp3) is 0.895. The summed E-state index contributed by atoms with van der Waals surface area (Å²) >= 11 is 0. The monoisotopic (exact) mass is 266 g/mol. The van der Waals surface area contributed by atoms with E-state index in [-0.39, 0.29) is 0 Å². The Morgan fingerprint density at radius 1 is 1.00 bits per heavy atom. The molecule has 0 N–H and O–H groups in total. The molecule has 0 aliphatic carbocycles. The molecule has 0 nitrogen and oxygen atoms in total. The second kappa shape index (κ2) is 8.12. The highest BCUT2D eigenvalue weighted by molar-refractivity contribution is 4.91. The number of hydrogen-bond donors (Lipinski definition) is 0. The second-order valence-corrected chi connectivity index (χ2v) is 7.23. The third-order valence-electron chi connectivity index (χ3n) is 6.28. The van der Waals surface area contributed by atoms with Gasteiger partial charge in [0.25, 0.3) is 0 Å². The zero-order valence-electron chi connectivity index (χ0n) is 14.7. The van der Waals surface area contributed by atoms with Crippen molar-refractivity contribution in [1.29, 1.82) is 0 Å². The van der Waals surface area contributed by atoms with Crippen LogP contribution in [0.25, 0.3) is 0 Å². The smallest absolute Gasteiger partial charge is 0.0208 e. The summed E-state index contributed by atoms with van der Waals surface area (Å²) in [4.78, 5) is 0. The molecule has 114 valence electrons. The lowest BCUT2D eigenvalue weighted by Gasteiger charge is -2.38. The SMILES string of the molecule is C=CC(C)C(CC)(CC)CCCC(C)C(C)(C)CC. The standard InChI is InChI=1S/C19H38/c1-9-16(5)19(11-3,12-4)15-13-14-17(6)18(7,8)10-2/h9,16-17H,1,10-15H2,2-8H3. The summed E-state index contributed by atoms with van der Waals surface area (Å²) in [5.41, 5.74) is 0.975. The molecule has 0 amide bonds. The van der Waals surface area contributed by atoms with E-state index in [1.54, 1.807) is 0 Å². The highest BCUT2D eigenvalue weighted by Gasteiger charge is 2.31. The van der Waals surface area contributed by atoms with Crippen LogP contribution in [0.15, 0.2) is 12.7 Å². The van der Waals surface area contributed by atoms with E-state index in [4.69, 9.17) is 0 Å². The summed E-state index contributed by atoms with van der Waals surface area (Å²) in [5.74, 6) is 1.46. The quantitative estimate of drug-likeness (QED) is 0.379. The van der Waals surface area contributed by atoms with Gasteiger partial charge in [-0.25, -0.2) is 0 Å². The van der Waals surface area contributed by atoms with Crippen molar-refractivity contribution in [3.05, 3.63) is 12.7 Å². The Morgan fingerprint density at radius 3 is 1.89 bits per heavy atom. The van der Waals surface area contributed by atoms with Gasteiger partial charge in [0.15, 0.2) is 0 Å². The summed E-state index contributed by atoms with van der Waals surface area (Å²) in [6.45, 7) is 20.6. The first kappa shape index (κ1) is 18.7. The Hall–Kier alpha value is -0.260. The van der Waals surface area contributed by atoms with Crippen molar-refractivity contribution in [2.45, 2.75) is 87.0 Å². The number of allylic oxidation sites excluding steroid dienone is 1. The molecule has 0 heterocycles. The molecule has 0 saturated heterocycles. The molecule has 0 aliphatic rings. The van der Waals surface area contributed by atoms with Crippen LogP contribution in [0.3, 0.4) is 0 Å². The number of hydrogen-bond acceptors (Lipinski definition) is 0. The molecule has 0 rings (SSSR count). The summed E-state index contributed by atoms with van der Waals surface area (Å²) in [6, 6.07) is 0. The average Bonchev–Trinajstić information content (AvgIpc) is 2.42. The Kier molecular flexibility index (Phi) is 8.01. The Bertz CT molecular complexity index is 245. The molecule has 19 heavy (non-hydrogen) atoms. The minimum absolute atomic E-state index is 0.484. The third-order valence-corrected chi connectivity index (χ3v) is 6.28. The zero-order chi connectivity index (χ0) is 15.1. The summed E-state index contributed by atoms with van der Waals surface area (Å²) in [5, 5.41) is 0. The molecule has 0 radical (unpaired) electrons. The predicted octanol–water partition coefficient (Wildman–Crippen LogP) is 6.86. The summed E-state index contributed by atoms with van der Waals surface area (Å²) < 4.78 is 0. The van der Waals surface area contributed by atoms with Gasteiger partial charge in [-0.15, -0.1) is 6.58 Å². The maximum absolute atomic E-state index is 4.02. The van der Waals surface area contributed by atoms with Crippen molar-refractivity contribution in [1.82, 2.24) is 0 Å². The van der Waals surface area contributed by atoms with Gasteiger partial charge in [0.1, 0.15) is 0 Å². The van der Waals surface area contributed by atoms with E-state index in [0.717, 1.165) is 5.92 Å². The van der Waals surface area contributed by atoms with Crippen molar-refractivity contribution in [2.24, 2.45) is 22.7 Å². The first-order chi connectivity index (χ1) is 8.79. The topological polar surface area (TPSA) is 0 Å². The molecule has 0 heteroatoms. The van der Waals surface area contributed by atoms with Crippen LogP contribution in [0.4, 0.5) is 0 Å². The van der Waals surface area contributed by atoms with Crippen molar-refractivity contribution in [2.75, 3.05) is 0 Å². The van der Waals surface area contributed by atoms with Gasteiger partial charge in [-0.05, 0) is 41.9 Å². The molecule has 2 atom stereocenters. The van der Waals surface area contributed by atoms with Crippen LogP contribution in [-0.2, 0) is 0 Å². The van der Waals surface area contributed by atoms with Gasteiger partial charge in [0.2, 0.25) is 0 Å². The normalized spacial score (nSPS) is 16.2. The molecule has 0 spiro atoms. The van der Waals surface area contributed by atoms with E-state index in [1.165, 1.54) is 38.5 Å². The van der Waals surface area contributed by atoms with Crippen LogP contribution in [0.5, 0.6) is 0 Å². The van der Waals surface area contributed by atoms with Crippen LogP contribution in [-0.4, -0.2) is 0 Å². The van der Waals surface area contributed by atoms with Crippen molar-refractivity contribution < 1.29 is 0 Å². The average molecular weight is 267 g/mol. The van der Waals surface area contributed by atoms with Gasteiger partial charge in [-0.1, -0.05) is 73.8 Å². The fourth-order valence-electron chi connectivity index (χ4n) is 3.22. The first-order valence-electron chi connectivity index (χ1n) is 8.42. The minimum atomic E-state index is 0.484. The Morgan fingerprint density at radius 2 is 1.53 bits per heavy atom. The van der Waals surface area contributed by atoms with E-state index in [1.807, 2.05) is 0 Å². The van der Waals surface area contributed by atoms with Gasteiger partial charge in [-0.3, -0.25) is 0 Å². The Balaban J connectivity index is 4.47. The summed E-state index contributed by atoms with van der Waals surface area (Å²) in [7, 11) is 0. The molecule has 0 fully saturated rings. The van der Waals surface area contributed by atoms with Crippen molar-refractivity contribution in [3.63, 3.8) is 0 Å². The molecule has 0 bridgehead atoms. The summed E-state index contributed by atoms with van der Waals surface area (Å²) in [6.07, 6.45) is 10.1. The highest BCUT2D eigenvalue weighted by atomic mass is 14.4. The van der Waals surface area contributed by atoms with Gasteiger partial charge >= 0.3 is 0 Å². The van der Waals surface area contributed by atoms with Crippen molar-refractivity contribution >= 4 is 0 Å². The fourth-order valence-corrected chi connectivity index (χ4v) is 3.22. The van der Waals surface area contributed by atoms with E-state index in [9.17, 15) is 0 Å². The van der Waals surface area contributed by atoms with Gasteiger partial charge in [-0.2, -0.15) is 0 Å². The lowest BCUT2D eigenvalue weighted by Crippen LogP contribution is -2.27. The van der Waals surface area contributed by atoms with Crippen LogP contribution in [0.1, 0.15) is 87.0 Å². The van der Waals surface area contributed by atoms with Crippen LogP contribution >= 0.6 is 0 Å². The van der Waals surface area contributed by atoms with Crippen LogP contribution < -0.4 is 0 Å². The molecule has 0 saturated carbocycles. The van der Waals surface area contributed by atoms with Gasteiger partial charge in [0.05, 0.1) is 0 Å². The number of rotatable bonds is 10. The Labute approximate surface area is 123 Å². The van der Waals surface area contributed by atoms with Crippen LogP contribution in [0, 0.1) is 22.7 Å². The molecule has 0 aromatic rings. The third kappa shape index (κ3) is 4.97. The highest BCUT2D eigenvalue weighted by Crippen LogP contribution is 2.42. The molecule has 2 unspecified atom stereocenters. The predicted molar refractivity (Wildman–Crippen MR) is 89.5 cm³/mol. The molecular formula is C19H38. The molecular weight excluding hydrogens is 228 g/mol. The maximum Gasteiger partial charge on any atom is -0.0208 e. The maximum atomic E-state index is 4.02. The molecule has 0 aliphatic heterocycles. The van der Waals surface area contributed by atoms with E-state index in [2.05, 4.69) is 61.1 Å². The van der Waals surface area contributed by atoms with E-state index < -0.39 is 0 Å². The molecule has 0 aromatic heterocycles. The first-order valence-corrected chi connectivity index (χ1v) is 8.42.